The number of hydrogen-bond donors (Lipinski definition) is 2. The maximum atomic E-state index is 4.20. The zero-order valence-corrected chi connectivity index (χ0v) is 12.7. The van der Waals surface area contributed by atoms with Crippen molar-refractivity contribution in [2.24, 2.45) is 5.92 Å². The molecule has 2 aromatic rings. The Bertz CT molecular complexity index is 549. The molecule has 1 aromatic heterocycles. The lowest BCUT2D eigenvalue weighted by atomic mass is 10.1. The van der Waals surface area contributed by atoms with E-state index in [-0.39, 0.29) is 0 Å². The van der Waals surface area contributed by atoms with Crippen LogP contribution in [0.15, 0.2) is 36.5 Å². The summed E-state index contributed by atoms with van der Waals surface area (Å²) in [5.74, 6) is 0.789. The molecule has 0 saturated carbocycles. The Morgan fingerprint density at radius 1 is 1.33 bits per heavy atom. The zero-order valence-electron chi connectivity index (χ0n) is 12.7. The molecule has 4 nitrogen and oxygen atoms in total. The van der Waals surface area contributed by atoms with E-state index in [2.05, 4.69) is 51.6 Å². The summed E-state index contributed by atoms with van der Waals surface area (Å²) >= 11 is 0. The molecule has 1 aliphatic rings. The first-order valence-corrected chi connectivity index (χ1v) is 7.87. The van der Waals surface area contributed by atoms with Crippen molar-refractivity contribution in [2.45, 2.75) is 19.9 Å². The van der Waals surface area contributed by atoms with E-state index in [1.807, 2.05) is 12.3 Å². The fourth-order valence-electron chi connectivity index (χ4n) is 3.08. The van der Waals surface area contributed by atoms with Crippen LogP contribution in [0.25, 0.3) is 11.3 Å². The van der Waals surface area contributed by atoms with Crippen LogP contribution in [-0.4, -0.2) is 41.3 Å². The third kappa shape index (κ3) is 3.52. The third-order valence-corrected chi connectivity index (χ3v) is 4.35. The highest BCUT2D eigenvalue weighted by atomic mass is 15.1. The van der Waals surface area contributed by atoms with Crippen LogP contribution in [-0.2, 0) is 6.54 Å². The molecular weight excluding hydrogens is 260 g/mol. The first-order valence-electron chi connectivity index (χ1n) is 7.87. The summed E-state index contributed by atoms with van der Waals surface area (Å²) in [6.07, 6.45) is 3.25. The van der Waals surface area contributed by atoms with Gasteiger partial charge in [0.1, 0.15) is 0 Å². The second kappa shape index (κ2) is 6.87. The fourth-order valence-corrected chi connectivity index (χ4v) is 3.08. The van der Waals surface area contributed by atoms with Crippen molar-refractivity contribution in [3.8, 4) is 11.3 Å². The molecule has 0 aliphatic carbocycles. The smallest absolute Gasteiger partial charge is 0.0695 e. The van der Waals surface area contributed by atoms with Gasteiger partial charge in [0.15, 0.2) is 0 Å². The van der Waals surface area contributed by atoms with Crippen molar-refractivity contribution in [2.75, 3.05) is 26.2 Å². The first-order chi connectivity index (χ1) is 10.4. The van der Waals surface area contributed by atoms with E-state index >= 15 is 0 Å². The minimum Gasteiger partial charge on any atom is -0.312 e. The Balaban J connectivity index is 1.54. The summed E-state index contributed by atoms with van der Waals surface area (Å²) in [6, 6.07) is 10.4. The summed E-state index contributed by atoms with van der Waals surface area (Å²) in [5, 5.41) is 10.9. The molecule has 21 heavy (non-hydrogen) atoms. The summed E-state index contributed by atoms with van der Waals surface area (Å²) in [4.78, 5) is 2.53. The molecule has 1 aliphatic heterocycles. The highest BCUT2D eigenvalue weighted by Crippen LogP contribution is 2.20. The van der Waals surface area contributed by atoms with Gasteiger partial charge in [-0.05, 0) is 37.5 Å². The molecule has 1 saturated heterocycles. The van der Waals surface area contributed by atoms with Gasteiger partial charge in [0, 0.05) is 18.7 Å². The van der Waals surface area contributed by atoms with Gasteiger partial charge in [-0.2, -0.15) is 5.10 Å². The minimum absolute atomic E-state index is 0.789. The summed E-state index contributed by atoms with van der Waals surface area (Å²) in [5.41, 5.74) is 3.57. The van der Waals surface area contributed by atoms with Crippen molar-refractivity contribution in [3.63, 3.8) is 0 Å². The van der Waals surface area contributed by atoms with Crippen molar-refractivity contribution >= 4 is 0 Å². The largest absolute Gasteiger partial charge is 0.312 e. The van der Waals surface area contributed by atoms with Gasteiger partial charge in [0.2, 0.25) is 0 Å². The van der Waals surface area contributed by atoms with E-state index in [4.69, 9.17) is 0 Å². The Morgan fingerprint density at radius 3 is 2.95 bits per heavy atom. The molecule has 3 rings (SSSR count). The number of hydrogen-bond acceptors (Lipinski definition) is 3. The number of aromatic amines is 1. The van der Waals surface area contributed by atoms with Gasteiger partial charge in [-0.1, -0.05) is 37.3 Å². The van der Waals surface area contributed by atoms with Gasteiger partial charge in [-0.25, -0.2) is 0 Å². The Kier molecular flexibility index (Phi) is 4.68. The van der Waals surface area contributed by atoms with Crippen LogP contribution in [0.4, 0.5) is 0 Å². The van der Waals surface area contributed by atoms with Crippen LogP contribution in [0.1, 0.15) is 18.9 Å². The quantitative estimate of drug-likeness (QED) is 0.856. The van der Waals surface area contributed by atoms with Crippen LogP contribution < -0.4 is 5.32 Å². The van der Waals surface area contributed by atoms with Gasteiger partial charge < -0.3 is 10.2 Å². The van der Waals surface area contributed by atoms with Crippen molar-refractivity contribution < 1.29 is 0 Å². The lowest BCUT2D eigenvalue weighted by molar-refractivity contribution is 0.339. The van der Waals surface area contributed by atoms with E-state index in [0.29, 0.717) is 0 Å². The predicted molar refractivity (Wildman–Crippen MR) is 86.0 cm³/mol. The number of nitrogens with zero attached hydrogens (tertiary/aromatic N) is 2. The summed E-state index contributed by atoms with van der Waals surface area (Å²) in [6.45, 7) is 7.88. The van der Waals surface area contributed by atoms with Gasteiger partial charge in [-0.3, -0.25) is 5.10 Å². The third-order valence-electron chi connectivity index (χ3n) is 4.35. The second-order valence-electron chi connectivity index (χ2n) is 5.82. The van der Waals surface area contributed by atoms with Gasteiger partial charge in [-0.15, -0.1) is 0 Å². The monoisotopic (exact) mass is 284 g/mol. The lowest BCUT2D eigenvalue weighted by Gasteiger charge is -2.13. The van der Waals surface area contributed by atoms with Gasteiger partial charge >= 0.3 is 0 Å². The van der Waals surface area contributed by atoms with Gasteiger partial charge in [0.25, 0.3) is 0 Å². The molecule has 112 valence electrons. The molecule has 0 bridgehead atoms. The molecule has 2 N–H and O–H groups in total. The Morgan fingerprint density at radius 2 is 2.19 bits per heavy atom. The van der Waals surface area contributed by atoms with Crippen LogP contribution in [0, 0.1) is 5.92 Å². The van der Waals surface area contributed by atoms with E-state index in [9.17, 15) is 0 Å². The maximum absolute atomic E-state index is 4.20. The predicted octanol–water partition coefficient (Wildman–Crippen LogP) is 2.51. The van der Waals surface area contributed by atoms with E-state index in [1.54, 1.807) is 0 Å². The molecule has 0 unspecified atom stereocenters. The number of benzene rings is 1. The van der Waals surface area contributed by atoms with Crippen LogP contribution in [0.2, 0.25) is 0 Å². The normalized spacial score (nSPS) is 19.2. The minimum atomic E-state index is 0.789. The molecule has 1 fully saturated rings. The molecular formula is C17H24N4. The summed E-state index contributed by atoms with van der Waals surface area (Å²) in [7, 11) is 0. The first kappa shape index (κ1) is 14.3. The van der Waals surface area contributed by atoms with Crippen molar-refractivity contribution in [1.82, 2.24) is 20.4 Å². The molecule has 4 heteroatoms. The number of rotatable bonds is 6. The highest BCUT2D eigenvalue weighted by Gasteiger charge is 2.20. The second-order valence-corrected chi connectivity index (χ2v) is 5.82. The van der Waals surface area contributed by atoms with Crippen LogP contribution in [0.3, 0.4) is 0 Å². The number of likely N-dealkylation sites (tertiary alicyclic amines) is 1. The van der Waals surface area contributed by atoms with Gasteiger partial charge in [0.05, 0.1) is 11.9 Å². The van der Waals surface area contributed by atoms with Crippen molar-refractivity contribution in [1.29, 1.82) is 0 Å². The Hall–Kier alpha value is -1.65. The van der Waals surface area contributed by atoms with E-state index in [1.165, 1.54) is 37.2 Å². The summed E-state index contributed by atoms with van der Waals surface area (Å²) < 4.78 is 0. The molecule has 0 spiro atoms. The number of nitrogens with one attached hydrogen (secondary N) is 2. The van der Waals surface area contributed by atoms with Crippen molar-refractivity contribution in [3.05, 3.63) is 42.1 Å². The maximum Gasteiger partial charge on any atom is 0.0695 e. The van der Waals surface area contributed by atoms with E-state index < -0.39 is 0 Å². The van der Waals surface area contributed by atoms with Crippen LogP contribution >= 0.6 is 0 Å². The van der Waals surface area contributed by atoms with Crippen LogP contribution in [0.5, 0.6) is 0 Å². The topological polar surface area (TPSA) is 44.0 Å². The Labute approximate surface area is 126 Å². The van der Waals surface area contributed by atoms with E-state index in [0.717, 1.165) is 24.7 Å². The average Bonchev–Trinajstić information content (AvgIpc) is 3.17. The lowest BCUT2D eigenvalue weighted by Crippen LogP contribution is -2.26. The SMILES string of the molecule is CCN1CC[C@@H](CNCc2cn[nH]c2-c2ccccc2)C1. The molecule has 1 aromatic carbocycles. The number of aromatic nitrogens is 2. The standard InChI is InChI=1S/C17H24N4/c1-2-21-9-8-14(13-21)10-18-11-16-12-19-20-17(16)15-6-4-3-5-7-15/h3-7,12,14,18H,2,8-11,13H2,1H3,(H,19,20)/t14-/m0/s1. The zero-order chi connectivity index (χ0) is 14.5. The molecule has 1 atom stereocenters. The molecule has 0 amide bonds. The molecule has 0 radical (unpaired) electrons. The fraction of sp³-hybridized carbons (Fsp3) is 0.471. The number of H-pyrrole nitrogens is 1. The average molecular weight is 284 g/mol. The highest BCUT2D eigenvalue weighted by molar-refractivity contribution is 5.62. The molecule has 2 heterocycles.